The molecule has 1 unspecified atom stereocenters. The van der Waals surface area contributed by atoms with E-state index in [1.54, 1.807) is 6.26 Å². The molecule has 1 N–H and O–H groups in total. The topological polar surface area (TPSA) is 45.5 Å². The maximum Gasteiger partial charge on any atom is 0.317 e. The second-order valence-electron chi connectivity index (χ2n) is 4.23. The van der Waals surface area contributed by atoms with E-state index in [-0.39, 0.29) is 12.1 Å². The van der Waals surface area contributed by atoms with Gasteiger partial charge in [0.25, 0.3) is 0 Å². The molecule has 4 nitrogen and oxygen atoms in total. The summed E-state index contributed by atoms with van der Waals surface area (Å²) in [6.07, 6.45) is 5.08. The molecule has 16 heavy (non-hydrogen) atoms. The maximum absolute atomic E-state index is 11.9. The molecule has 0 spiro atoms. The van der Waals surface area contributed by atoms with E-state index >= 15 is 0 Å². The lowest BCUT2D eigenvalue weighted by molar-refractivity contribution is 0.182. The van der Waals surface area contributed by atoms with Crippen LogP contribution in [0, 0.1) is 0 Å². The number of furan rings is 1. The Morgan fingerprint density at radius 2 is 2.19 bits per heavy atom. The molecule has 2 amide bonds. The summed E-state index contributed by atoms with van der Waals surface area (Å²) in [5.41, 5.74) is 0. The van der Waals surface area contributed by atoms with Crippen LogP contribution in [-0.4, -0.2) is 24.0 Å². The predicted octanol–water partition coefficient (Wildman–Crippen LogP) is 2.54. The van der Waals surface area contributed by atoms with E-state index in [9.17, 15) is 4.79 Å². The van der Waals surface area contributed by atoms with E-state index in [2.05, 4.69) is 5.32 Å². The lowest BCUT2D eigenvalue weighted by Crippen LogP contribution is -2.43. The SMILES string of the molecule is CC(NC(=O)N1CCCCC1)c1ccco1. The number of likely N-dealkylation sites (tertiary alicyclic amines) is 1. The number of nitrogens with one attached hydrogen (secondary N) is 1. The second-order valence-corrected chi connectivity index (χ2v) is 4.23. The molecule has 0 aliphatic carbocycles. The largest absolute Gasteiger partial charge is 0.467 e. The first-order valence-electron chi connectivity index (χ1n) is 5.86. The van der Waals surface area contributed by atoms with Crippen LogP contribution in [0.3, 0.4) is 0 Å². The van der Waals surface area contributed by atoms with Gasteiger partial charge in [-0.05, 0) is 38.3 Å². The third-order valence-corrected chi connectivity index (χ3v) is 2.95. The summed E-state index contributed by atoms with van der Waals surface area (Å²) in [4.78, 5) is 13.8. The fraction of sp³-hybridized carbons (Fsp3) is 0.583. The molecule has 1 aromatic rings. The quantitative estimate of drug-likeness (QED) is 0.835. The van der Waals surface area contributed by atoms with Crippen LogP contribution in [0.2, 0.25) is 0 Å². The first kappa shape index (κ1) is 11.0. The zero-order valence-corrected chi connectivity index (χ0v) is 9.61. The smallest absolute Gasteiger partial charge is 0.317 e. The maximum atomic E-state index is 11.9. The molecule has 1 atom stereocenters. The highest BCUT2D eigenvalue weighted by atomic mass is 16.3. The average Bonchev–Trinajstić information content (AvgIpc) is 2.83. The molecular weight excluding hydrogens is 204 g/mol. The van der Waals surface area contributed by atoms with Gasteiger partial charge in [0.2, 0.25) is 0 Å². The van der Waals surface area contributed by atoms with Crippen LogP contribution in [0.5, 0.6) is 0 Å². The van der Waals surface area contributed by atoms with Crippen molar-refractivity contribution in [3.63, 3.8) is 0 Å². The van der Waals surface area contributed by atoms with E-state index in [1.807, 2.05) is 24.0 Å². The Hall–Kier alpha value is -1.45. The van der Waals surface area contributed by atoms with Gasteiger partial charge in [0.15, 0.2) is 0 Å². The molecule has 0 bridgehead atoms. The average molecular weight is 222 g/mol. The minimum atomic E-state index is -0.0653. The van der Waals surface area contributed by atoms with Crippen LogP contribution in [0.25, 0.3) is 0 Å². The van der Waals surface area contributed by atoms with Crippen LogP contribution in [0.1, 0.15) is 38.0 Å². The van der Waals surface area contributed by atoms with Crippen molar-refractivity contribution in [1.29, 1.82) is 0 Å². The fourth-order valence-corrected chi connectivity index (χ4v) is 1.98. The Morgan fingerprint density at radius 3 is 2.81 bits per heavy atom. The van der Waals surface area contributed by atoms with Gasteiger partial charge in [-0.3, -0.25) is 0 Å². The highest BCUT2D eigenvalue weighted by Gasteiger charge is 2.19. The number of rotatable bonds is 2. The second kappa shape index (κ2) is 5.05. The molecule has 2 heterocycles. The van der Waals surface area contributed by atoms with E-state index in [1.165, 1.54) is 6.42 Å². The number of hydrogen-bond acceptors (Lipinski definition) is 2. The Kier molecular flexibility index (Phi) is 3.49. The summed E-state index contributed by atoms with van der Waals surface area (Å²) in [6, 6.07) is 3.66. The Balaban J connectivity index is 1.86. The third-order valence-electron chi connectivity index (χ3n) is 2.95. The van der Waals surface area contributed by atoms with Gasteiger partial charge in [0, 0.05) is 13.1 Å². The van der Waals surface area contributed by atoms with Gasteiger partial charge in [-0.1, -0.05) is 0 Å². The van der Waals surface area contributed by atoms with Crippen LogP contribution in [0.15, 0.2) is 22.8 Å². The minimum absolute atomic E-state index is 0.0172. The van der Waals surface area contributed by atoms with Crippen LogP contribution < -0.4 is 5.32 Å². The van der Waals surface area contributed by atoms with E-state index in [0.717, 1.165) is 31.7 Å². The zero-order chi connectivity index (χ0) is 11.4. The summed E-state index contributed by atoms with van der Waals surface area (Å²) in [7, 11) is 0. The summed E-state index contributed by atoms with van der Waals surface area (Å²) < 4.78 is 5.25. The molecule has 1 aliphatic rings. The minimum Gasteiger partial charge on any atom is -0.467 e. The molecular formula is C12H18N2O2. The highest BCUT2D eigenvalue weighted by Crippen LogP contribution is 2.14. The third kappa shape index (κ3) is 2.56. The standard InChI is InChI=1S/C12H18N2O2/c1-10(11-6-5-9-16-11)13-12(15)14-7-3-2-4-8-14/h5-6,9-10H,2-4,7-8H2,1H3,(H,13,15). The summed E-state index contributed by atoms with van der Waals surface area (Å²) in [6.45, 7) is 3.67. The number of piperidine rings is 1. The lowest BCUT2D eigenvalue weighted by atomic mass is 10.1. The van der Waals surface area contributed by atoms with E-state index in [4.69, 9.17) is 4.42 Å². The molecule has 0 radical (unpaired) electrons. The van der Waals surface area contributed by atoms with Gasteiger partial charge >= 0.3 is 6.03 Å². The van der Waals surface area contributed by atoms with Crippen molar-refractivity contribution in [2.45, 2.75) is 32.2 Å². The fourth-order valence-electron chi connectivity index (χ4n) is 1.98. The van der Waals surface area contributed by atoms with Crippen LogP contribution in [-0.2, 0) is 0 Å². The molecule has 1 fully saturated rings. The monoisotopic (exact) mass is 222 g/mol. The molecule has 1 saturated heterocycles. The normalized spacial score (nSPS) is 18.2. The predicted molar refractivity (Wildman–Crippen MR) is 61.1 cm³/mol. The zero-order valence-electron chi connectivity index (χ0n) is 9.61. The number of nitrogens with zero attached hydrogens (tertiary/aromatic N) is 1. The first-order chi connectivity index (χ1) is 7.77. The van der Waals surface area contributed by atoms with E-state index < -0.39 is 0 Å². The number of urea groups is 1. The van der Waals surface area contributed by atoms with Crippen molar-refractivity contribution in [3.8, 4) is 0 Å². The van der Waals surface area contributed by atoms with Gasteiger partial charge in [-0.2, -0.15) is 0 Å². The first-order valence-corrected chi connectivity index (χ1v) is 5.86. The molecule has 1 aliphatic heterocycles. The molecule has 88 valence electrons. The molecule has 0 aromatic carbocycles. The van der Waals surface area contributed by atoms with Gasteiger partial charge in [0.05, 0.1) is 12.3 Å². The van der Waals surface area contributed by atoms with Gasteiger partial charge in [-0.15, -0.1) is 0 Å². The van der Waals surface area contributed by atoms with Crippen molar-refractivity contribution >= 4 is 6.03 Å². The molecule has 0 saturated carbocycles. The summed E-state index contributed by atoms with van der Waals surface area (Å²) in [5, 5.41) is 2.95. The summed E-state index contributed by atoms with van der Waals surface area (Å²) in [5.74, 6) is 0.797. The van der Waals surface area contributed by atoms with Crippen molar-refractivity contribution in [1.82, 2.24) is 10.2 Å². The van der Waals surface area contributed by atoms with Gasteiger partial charge in [-0.25, -0.2) is 4.79 Å². The summed E-state index contributed by atoms with van der Waals surface area (Å²) >= 11 is 0. The lowest BCUT2D eigenvalue weighted by Gasteiger charge is -2.28. The number of carbonyl (C=O) groups is 1. The molecule has 4 heteroatoms. The van der Waals surface area contributed by atoms with Crippen molar-refractivity contribution in [2.24, 2.45) is 0 Å². The van der Waals surface area contributed by atoms with Crippen LogP contribution >= 0.6 is 0 Å². The van der Waals surface area contributed by atoms with Crippen molar-refractivity contribution in [3.05, 3.63) is 24.2 Å². The highest BCUT2D eigenvalue weighted by molar-refractivity contribution is 5.74. The van der Waals surface area contributed by atoms with E-state index in [0.29, 0.717) is 0 Å². The molecule has 1 aromatic heterocycles. The van der Waals surface area contributed by atoms with Crippen molar-refractivity contribution in [2.75, 3.05) is 13.1 Å². The number of carbonyl (C=O) groups excluding carboxylic acids is 1. The Labute approximate surface area is 95.6 Å². The van der Waals surface area contributed by atoms with Crippen molar-refractivity contribution < 1.29 is 9.21 Å². The van der Waals surface area contributed by atoms with Gasteiger partial charge < -0.3 is 14.6 Å². The molecule has 2 rings (SSSR count). The Bertz CT molecular complexity index is 329. The number of hydrogen-bond donors (Lipinski definition) is 1. The number of amides is 2. The Morgan fingerprint density at radius 1 is 1.44 bits per heavy atom. The van der Waals surface area contributed by atoms with Crippen LogP contribution in [0.4, 0.5) is 4.79 Å². The van der Waals surface area contributed by atoms with Gasteiger partial charge in [0.1, 0.15) is 5.76 Å².